The van der Waals surface area contributed by atoms with E-state index in [-0.39, 0.29) is 16.7 Å². The van der Waals surface area contributed by atoms with Crippen LogP contribution in [0.25, 0.3) is 0 Å². The number of rotatable bonds is 3. The van der Waals surface area contributed by atoms with Gasteiger partial charge in [-0.05, 0) is 25.5 Å². The maximum Gasteiger partial charge on any atom is 0.198 e. The van der Waals surface area contributed by atoms with Gasteiger partial charge < -0.3 is 14.8 Å². The van der Waals surface area contributed by atoms with E-state index in [0.29, 0.717) is 5.75 Å². The fourth-order valence-corrected chi connectivity index (χ4v) is 2.62. The Morgan fingerprint density at radius 3 is 2.61 bits per heavy atom. The minimum Gasteiger partial charge on any atom is -0.492 e. The largest absolute Gasteiger partial charge is 0.492 e. The molecule has 1 atom stereocenters. The molecule has 0 aliphatic carbocycles. The van der Waals surface area contributed by atoms with Gasteiger partial charge in [0.05, 0.1) is 19.2 Å². The van der Waals surface area contributed by atoms with E-state index in [9.17, 15) is 4.39 Å². The lowest BCUT2D eigenvalue weighted by molar-refractivity contribution is 0.329. The summed E-state index contributed by atoms with van der Waals surface area (Å²) < 4.78 is 24.2. The van der Waals surface area contributed by atoms with E-state index in [1.54, 1.807) is 6.07 Å². The number of nitrogens with one attached hydrogen (secondary N) is 1. The SMILES string of the molecule is COc1c(C2CCCNC2)cc(Cl)c(F)c1OC. The highest BCUT2D eigenvalue weighted by Gasteiger charge is 2.25. The van der Waals surface area contributed by atoms with Gasteiger partial charge in [0, 0.05) is 18.0 Å². The summed E-state index contributed by atoms with van der Waals surface area (Å²) in [6.07, 6.45) is 2.12. The predicted octanol–water partition coefficient (Wildman–Crippen LogP) is 2.96. The van der Waals surface area contributed by atoms with E-state index >= 15 is 0 Å². The second-order valence-corrected chi connectivity index (χ2v) is 4.78. The lowest BCUT2D eigenvalue weighted by atomic mass is 9.90. The summed E-state index contributed by atoms with van der Waals surface area (Å²) in [5.41, 5.74) is 0.910. The first kappa shape index (κ1) is 13.4. The van der Waals surface area contributed by atoms with Crippen LogP contribution >= 0.6 is 11.6 Å². The second kappa shape index (κ2) is 5.76. The van der Waals surface area contributed by atoms with Crippen molar-refractivity contribution in [3.05, 3.63) is 22.5 Å². The molecule has 3 nitrogen and oxygen atoms in total. The fraction of sp³-hybridized carbons (Fsp3) is 0.538. The van der Waals surface area contributed by atoms with E-state index in [2.05, 4.69) is 5.32 Å². The Morgan fingerprint density at radius 2 is 2.06 bits per heavy atom. The number of piperidine rings is 1. The van der Waals surface area contributed by atoms with Crippen molar-refractivity contribution in [2.45, 2.75) is 18.8 Å². The number of halogens is 2. The first-order valence-electron chi connectivity index (χ1n) is 5.99. The summed E-state index contributed by atoms with van der Waals surface area (Å²) in [6.45, 7) is 1.87. The molecular formula is C13H17ClFNO2. The van der Waals surface area contributed by atoms with Crippen molar-refractivity contribution in [3.8, 4) is 11.5 Å². The molecule has 1 saturated heterocycles. The van der Waals surface area contributed by atoms with Crippen molar-refractivity contribution in [2.24, 2.45) is 0 Å². The Morgan fingerprint density at radius 1 is 1.33 bits per heavy atom. The molecule has 0 radical (unpaired) electrons. The van der Waals surface area contributed by atoms with Gasteiger partial charge in [0.1, 0.15) is 0 Å². The van der Waals surface area contributed by atoms with Crippen LogP contribution in [0.2, 0.25) is 5.02 Å². The molecule has 1 aliphatic rings. The third-order valence-corrected chi connectivity index (χ3v) is 3.58. The third-order valence-electron chi connectivity index (χ3n) is 3.30. The summed E-state index contributed by atoms with van der Waals surface area (Å²) in [5.74, 6) is 0.253. The predicted molar refractivity (Wildman–Crippen MR) is 69.4 cm³/mol. The van der Waals surface area contributed by atoms with Crippen molar-refractivity contribution >= 4 is 11.6 Å². The van der Waals surface area contributed by atoms with Gasteiger partial charge in [0.25, 0.3) is 0 Å². The van der Waals surface area contributed by atoms with Crippen molar-refractivity contribution in [2.75, 3.05) is 27.3 Å². The van der Waals surface area contributed by atoms with Crippen LogP contribution in [0.4, 0.5) is 4.39 Å². The molecule has 0 saturated carbocycles. The summed E-state index contributed by atoms with van der Waals surface area (Å²) in [5, 5.41) is 3.40. The Labute approximate surface area is 111 Å². The Kier molecular flexibility index (Phi) is 4.30. The van der Waals surface area contributed by atoms with E-state index in [4.69, 9.17) is 21.1 Å². The standard InChI is InChI=1S/C13H17ClFNO2/c1-17-12-9(8-4-3-5-16-7-8)6-10(14)11(15)13(12)18-2/h6,8,16H,3-5,7H2,1-2H3. The lowest BCUT2D eigenvalue weighted by Gasteiger charge is -2.26. The molecule has 100 valence electrons. The van der Waals surface area contributed by atoms with Gasteiger partial charge in [0.2, 0.25) is 0 Å². The van der Waals surface area contributed by atoms with Gasteiger partial charge in [-0.3, -0.25) is 0 Å². The molecule has 0 amide bonds. The topological polar surface area (TPSA) is 30.5 Å². The van der Waals surface area contributed by atoms with E-state index in [0.717, 1.165) is 31.5 Å². The average Bonchev–Trinajstić information content (AvgIpc) is 2.42. The first-order valence-corrected chi connectivity index (χ1v) is 6.37. The average molecular weight is 274 g/mol. The van der Waals surface area contributed by atoms with Crippen LogP contribution in [0, 0.1) is 5.82 Å². The number of hydrogen-bond acceptors (Lipinski definition) is 3. The molecule has 2 rings (SSSR count). The highest BCUT2D eigenvalue weighted by Crippen LogP contribution is 2.42. The molecule has 1 aliphatic heterocycles. The number of hydrogen-bond donors (Lipinski definition) is 1. The Balaban J connectivity index is 2.47. The summed E-state index contributed by atoms with van der Waals surface area (Å²) in [7, 11) is 2.94. The molecule has 0 aromatic heterocycles. The zero-order chi connectivity index (χ0) is 13.1. The zero-order valence-electron chi connectivity index (χ0n) is 10.6. The Hall–Kier alpha value is -1.00. The van der Waals surface area contributed by atoms with E-state index in [1.807, 2.05) is 0 Å². The second-order valence-electron chi connectivity index (χ2n) is 4.37. The van der Waals surface area contributed by atoms with Gasteiger partial charge in [-0.2, -0.15) is 0 Å². The van der Waals surface area contributed by atoms with Crippen LogP contribution in [0.3, 0.4) is 0 Å². The van der Waals surface area contributed by atoms with Crippen molar-refractivity contribution in [1.82, 2.24) is 5.32 Å². The summed E-state index contributed by atoms with van der Waals surface area (Å²) in [4.78, 5) is 0. The molecule has 1 fully saturated rings. The van der Waals surface area contributed by atoms with Crippen LogP contribution in [-0.4, -0.2) is 27.3 Å². The van der Waals surface area contributed by atoms with Crippen LogP contribution in [0.5, 0.6) is 11.5 Å². The third kappa shape index (κ3) is 2.40. The Bertz CT molecular complexity index is 433. The smallest absolute Gasteiger partial charge is 0.198 e. The molecule has 18 heavy (non-hydrogen) atoms. The van der Waals surface area contributed by atoms with Crippen molar-refractivity contribution in [1.29, 1.82) is 0 Å². The molecule has 1 aromatic rings. The van der Waals surface area contributed by atoms with Crippen LogP contribution in [0.1, 0.15) is 24.3 Å². The molecule has 0 bridgehead atoms. The van der Waals surface area contributed by atoms with E-state index in [1.165, 1.54) is 14.2 Å². The fourth-order valence-electron chi connectivity index (χ4n) is 2.42. The molecule has 0 spiro atoms. The van der Waals surface area contributed by atoms with Gasteiger partial charge >= 0.3 is 0 Å². The quantitative estimate of drug-likeness (QED) is 0.918. The summed E-state index contributed by atoms with van der Waals surface area (Å²) >= 11 is 5.91. The van der Waals surface area contributed by atoms with Gasteiger partial charge in [-0.15, -0.1) is 0 Å². The number of ether oxygens (including phenoxy) is 2. The maximum atomic E-state index is 13.8. The highest BCUT2D eigenvalue weighted by atomic mass is 35.5. The lowest BCUT2D eigenvalue weighted by Crippen LogP contribution is -2.28. The van der Waals surface area contributed by atoms with Crippen molar-refractivity contribution < 1.29 is 13.9 Å². The zero-order valence-corrected chi connectivity index (χ0v) is 11.3. The van der Waals surface area contributed by atoms with Crippen molar-refractivity contribution in [3.63, 3.8) is 0 Å². The minimum atomic E-state index is -0.566. The summed E-state index contributed by atoms with van der Waals surface area (Å²) in [6, 6.07) is 1.65. The molecule has 1 unspecified atom stereocenters. The van der Waals surface area contributed by atoms with Crippen LogP contribution in [0.15, 0.2) is 6.07 Å². The van der Waals surface area contributed by atoms with Gasteiger partial charge in [-0.1, -0.05) is 11.6 Å². The number of benzene rings is 1. The van der Waals surface area contributed by atoms with E-state index < -0.39 is 5.82 Å². The molecular weight excluding hydrogens is 257 g/mol. The minimum absolute atomic E-state index is 0.0771. The molecule has 1 heterocycles. The number of methoxy groups -OCH3 is 2. The molecule has 1 N–H and O–H groups in total. The van der Waals surface area contributed by atoms with Gasteiger partial charge in [0.15, 0.2) is 17.3 Å². The normalized spacial score (nSPS) is 19.7. The maximum absolute atomic E-state index is 13.8. The highest BCUT2D eigenvalue weighted by molar-refractivity contribution is 6.31. The molecule has 1 aromatic carbocycles. The monoisotopic (exact) mass is 273 g/mol. The van der Waals surface area contributed by atoms with Crippen LogP contribution in [-0.2, 0) is 0 Å². The first-order chi connectivity index (χ1) is 8.69. The molecule has 5 heteroatoms. The van der Waals surface area contributed by atoms with Gasteiger partial charge in [-0.25, -0.2) is 4.39 Å². The van der Waals surface area contributed by atoms with Crippen LogP contribution < -0.4 is 14.8 Å².